The lowest BCUT2D eigenvalue weighted by Gasteiger charge is -2.09. The van der Waals surface area contributed by atoms with Gasteiger partial charge in [-0.3, -0.25) is 4.79 Å². The van der Waals surface area contributed by atoms with Gasteiger partial charge in [0.2, 0.25) is 0 Å². The monoisotopic (exact) mass is 556 g/mol. The first-order valence-corrected chi connectivity index (χ1v) is 14.7. The molecule has 0 radical (unpaired) electrons. The van der Waals surface area contributed by atoms with Gasteiger partial charge >= 0.3 is 11.9 Å². The quantitative estimate of drug-likeness (QED) is 0.0980. The molecule has 0 spiro atoms. The van der Waals surface area contributed by atoms with Crippen molar-refractivity contribution >= 4 is 17.7 Å². The highest BCUT2D eigenvalue weighted by atomic mass is 16.5. The summed E-state index contributed by atoms with van der Waals surface area (Å²) in [4.78, 5) is 33.3. The molecule has 2 aromatic rings. The highest BCUT2D eigenvalue weighted by molar-refractivity contribution is 5.91. The highest BCUT2D eigenvalue weighted by Crippen LogP contribution is 2.20. The van der Waals surface area contributed by atoms with E-state index < -0.39 is 5.97 Å². The molecule has 0 fully saturated rings. The van der Waals surface area contributed by atoms with Crippen LogP contribution in [-0.2, 0) is 14.3 Å². The molecular formula is C33H48O7. The number of hydrogen-bond donors (Lipinski definition) is 0. The van der Waals surface area contributed by atoms with Crippen molar-refractivity contribution in [3.05, 3.63) is 54.1 Å². The van der Waals surface area contributed by atoms with Crippen molar-refractivity contribution in [2.75, 3.05) is 19.8 Å². The van der Waals surface area contributed by atoms with Crippen LogP contribution < -0.4 is 14.2 Å². The van der Waals surface area contributed by atoms with E-state index in [1.165, 1.54) is 25.7 Å². The maximum atomic E-state index is 12.4. The van der Waals surface area contributed by atoms with Gasteiger partial charge in [0.05, 0.1) is 25.4 Å². The number of esters is 2. The average molecular weight is 557 g/mol. The number of ketones is 1. The molecule has 2 rings (SSSR count). The Bertz CT molecular complexity index is 952. The average Bonchev–Trinajstić information content (AvgIpc) is 2.97. The third-order valence-corrected chi connectivity index (χ3v) is 6.00. The van der Waals surface area contributed by atoms with Gasteiger partial charge in [-0.25, -0.2) is 4.79 Å². The Morgan fingerprint density at radius 1 is 0.575 bits per heavy atom. The number of rotatable bonds is 19. The zero-order valence-corrected chi connectivity index (χ0v) is 24.9. The second-order valence-electron chi connectivity index (χ2n) is 9.54. The van der Waals surface area contributed by atoms with E-state index >= 15 is 0 Å². The number of hydrogen-bond acceptors (Lipinski definition) is 7. The molecule has 0 aliphatic rings. The van der Waals surface area contributed by atoms with Crippen molar-refractivity contribution < 1.29 is 33.3 Å². The predicted octanol–water partition coefficient (Wildman–Crippen LogP) is 8.13. The van der Waals surface area contributed by atoms with Crippen molar-refractivity contribution in [2.24, 2.45) is 0 Å². The highest BCUT2D eigenvalue weighted by Gasteiger charge is 2.09. The van der Waals surface area contributed by atoms with Crippen LogP contribution in [0.5, 0.6) is 17.2 Å². The van der Waals surface area contributed by atoms with Crippen LogP contribution in [0.1, 0.15) is 109 Å². The maximum Gasteiger partial charge on any atom is 0.343 e. The Hall–Kier alpha value is -3.35. The van der Waals surface area contributed by atoms with Gasteiger partial charge in [0.25, 0.3) is 0 Å². The second-order valence-corrected chi connectivity index (χ2v) is 9.54. The van der Waals surface area contributed by atoms with Crippen LogP contribution in [0.15, 0.2) is 48.5 Å². The molecule has 0 heterocycles. The minimum absolute atomic E-state index is 0.145. The third kappa shape index (κ3) is 17.3. The van der Waals surface area contributed by atoms with Crippen LogP contribution in [0.4, 0.5) is 0 Å². The molecule has 0 N–H and O–H groups in total. The van der Waals surface area contributed by atoms with Crippen LogP contribution in [-0.4, -0.2) is 37.5 Å². The van der Waals surface area contributed by atoms with Gasteiger partial charge in [0.1, 0.15) is 23.0 Å². The molecule has 7 heteroatoms. The molecule has 0 aromatic heterocycles. The zero-order valence-electron chi connectivity index (χ0n) is 24.9. The molecule has 0 aliphatic carbocycles. The summed E-state index contributed by atoms with van der Waals surface area (Å²) in [5, 5.41) is 0. The topological polar surface area (TPSA) is 88.1 Å². The minimum Gasteiger partial charge on any atom is -0.494 e. The van der Waals surface area contributed by atoms with E-state index in [4.69, 9.17) is 18.9 Å². The number of Topliss-reactive ketones (excluding diaryl/α,β-unsaturated/α-hetero) is 1. The van der Waals surface area contributed by atoms with Gasteiger partial charge in [-0.1, -0.05) is 46.5 Å². The van der Waals surface area contributed by atoms with Crippen molar-refractivity contribution in [1.29, 1.82) is 0 Å². The van der Waals surface area contributed by atoms with E-state index in [-0.39, 0.29) is 11.8 Å². The molecule has 2 aromatic carbocycles. The molecular weight excluding hydrogens is 508 g/mol. The van der Waals surface area contributed by atoms with Crippen LogP contribution in [0, 0.1) is 0 Å². The lowest BCUT2D eigenvalue weighted by atomic mass is 10.2. The fraction of sp³-hybridized carbons (Fsp3) is 0.545. The number of carbonyl (C=O) groups is 3. The standard InChI is InChI=1S/C29H40O6.C4H8O/c1-3-5-6-7-10-21-32-25-15-13-24(14-16-25)29(31)35-27-19-17-26(18-20-27)33-22-11-8-9-12-23-34-28(30)4-2;1-3-4(2)5/h13-20H,3-12,21-23H2,1-2H3;3H2,1-2H3. The SMILES string of the molecule is CCC(C)=O.CCCCCCCOc1ccc(C(=O)Oc2ccc(OCCCCCCOC(=O)CC)cc2)cc1. The van der Waals surface area contributed by atoms with E-state index in [1.54, 1.807) is 62.4 Å². The Labute approximate surface area is 240 Å². The molecule has 0 saturated heterocycles. The van der Waals surface area contributed by atoms with Crippen LogP contribution >= 0.6 is 0 Å². The Morgan fingerprint density at radius 2 is 1.02 bits per heavy atom. The fourth-order valence-electron chi connectivity index (χ4n) is 3.39. The summed E-state index contributed by atoms with van der Waals surface area (Å²) < 4.78 is 22.0. The minimum atomic E-state index is -0.408. The summed E-state index contributed by atoms with van der Waals surface area (Å²) >= 11 is 0. The van der Waals surface area contributed by atoms with Gasteiger partial charge in [-0.05, 0) is 87.6 Å². The number of carbonyl (C=O) groups excluding carboxylic acids is 3. The van der Waals surface area contributed by atoms with E-state index in [2.05, 4.69) is 6.92 Å². The number of benzene rings is 2. The fourth-order valence-corrected chi connectivity index (χ4v) is 3.39. The van der Waals surface area contributed by atoms with Crippen LogP contribution in [0.3, 0.4) is 0 Å². The Kier molecular flexibility index (Phi) is 19.5. The third-order valence-electron chi connectivity index (χ3n) is 6.00. The molecule has 222 valence electrons. The smallest absolute Gasteiger partial charge is 0.343 e. The van der Waals surface area contributed by atoms with Crippen LogP contribution in [0.2, 0.25) is 0 Å². The number of unbranched alkanes of at least 4 members (excludes halogenated alkanes) is 7. The predicted molar refractivity (Wildman–Crippen MR) is 158 cm³/mol. The largest absolute Gasteiger partial charge is 0.494 e. The lowest BCUT2D eigenvalue weighted by Crippen LogP contribution is -2.08. The van der Waals surface area contributed by atoms with Gasteiger partial charge in [-0.15, -0.1) is 0 Å². The van der Waals surface area contributed by atoms with E-state index in [9.17, 15) is 14.4 Å². The maximum absolute atomic E-state index is 12.4. The van der Waals surface area contributed by atoms with E-state index in [1.807, 2.05) is 6.92 Å². The summed E-state index contributed by atoms with van der Waals surface area (Å²) in [6, 6.07) is 14.1. The molecule has 7 nitrogen and oxygen atoms in total. The first-order valence-electron chi connectivity index (χ1n) is 14.7. The molecule has 0 saturated carbocycles. The normalized spacial score (nSPS) is 10.2. The van der Waals surface area contributed by atoms with Crippen molar-refractivity contribution in [1.82, 2.24) is 0 Å². The summed E-state index contributed by atoms with van der Waals surface area (Å²) in [7, 11) is 0. The van der Waals surface area contributed by atoms with Crippen molar-refractivity contribution in [3.8, 4) is 17.2 Å². The number of ether oxygens (including phenoxy) is 4. The first-order chi connectivity index (χ1) is 19.4. The molecule has 0 amide bonds. The van der Waals surface area contributed by atoms with Crippen LogP contribution in [0.25, 0.3) is 0 Å². The molecule has 0 unspecified atom stereocenters. The Balaban J connectivity index is 0.00000146. The van der Waals surface area contributed by atoms with E-state index in [0.717, 1.165) is 43.6 Å². The van der Waals surface area contributed by atoms with E-state index in [0.29, 0.717) is 44.0 Å². The zero-order chi connectivity index (χ0) is 29.4. The molecule has 0 atom stereocenters. The molecule has 0 aliphatic heterocycles. The van der Waals surface area contributed by atoms with Crippen molar-refractivity contribution in [2.45, 2.75) is 98.3 Å². The van der Waals surface area contributed by atoms with Crippen molar-refractivity contribution in [3.63, 3.8) is 0 Å². The van der Waals surface area contributed by atoms with Gasteiger partial charge in [-0.2, -0.15) is 0 Å². The Morgan fingerprint density at radius 3 is 1.50 bits per heavy atom. The van der Waals surface area contributed by atoms with Gasteiger partial charge in [0, 0.05) is 12.8 Å². The van der Waals surface area contributed by atoms with Gasteiger partial charge in [0.15, 0.2) is 0 Å². The summed E-state index contributed by atoms with van der Waals surface area (Å²) in [6.45, 7) is 9.23. The molecule has 0 bridgehead atoms. The second kappa shape index (κ2) is 22.5. The first kappa shape index (κ1) is 34.7. The summed E-state index contributed by atoms with van der Waals surface area (Å²) in [6.07, 6.45) is 10.9. The summed E-state index contributed by atoms with van der Waals surface area (Å²) in [5.41, 5.74) is 0.477. The van der Waals surface area contributed by atoms with Gasteiger partial charge < -0.3 is 23.7 Å². The lowest BCUT2D eigenvalue weighted by molar-refractivity contribution is -0.143. The molecule has 40 heavy (non-hydrogen) atoms. The summed E-state index contributed by atoms with van der Waals surface area (Å²) in [5.74, 6) is 1.67.